The monoisotopic (exact) mass is 478 g/mol. The van der Waals surface area contributed by atoms with Crippen LogP contribution in [0.25, 0.3) is 11.4 Å². The number of ether oxygens (including phenoxy) is 1. The van der Waals surface area contributed by atoms with Crippen LogP contribution in [0.1, 0.15) is 11.1 Å². The van der Waals surface area contributed by atoms with E-state index in [0.717, 1.165) is 28.3 Å². The lowest BCUT2D eigenvalue weighted by Gasteiger charge is -2.11. The third-order valence-corrected chi connectivity index (χ3v) is 6.22. The minimum Gasteiger partial charge on any atom is -0.496 e. The molecule has 4 rings (SSSR count). The van der Waals surface area contributed by atoms with Crippen molar-refractivity contribution in [3.05, 3.63) is 95.0 Å². The smallest absolute Gasteiger partial charge is 0.230 e. The van der Waals surface area contributed by atoms with E-state index in [9.17, 15) is 4.79 Å². The van der Waals surface area contributed by atoms with Crippen LogP contribution in [-0.4, -0.2) is 33.5 Å². The zero-order valence-corrected chi connectivity index (χ0v) is 19.6. The molecule has 1 amide bonds. The van der Waals surface area contributed by atoms with Crippen molar-refractivity contribution in [1.82, 2.24) is 20.1 Å². The fourth-order valence-electron chi connectivity index (χ4n) is 3.34. The second-order valence-electron chi connectivity index (χ2n) is 7.26. The highest BCUT2D eigenvalue weighted by atomic mass is 35.5. The number of methoxy groups -OCH3 is 1. The molecule has 0 spiro atoms. The number of carbonyl (C=O) groups excluding carboxylic acids is 1. The van der Waals surface area contributed by atoms with Crippen molar-refractivity contribution in [2.75, 3.05) is 12.9 Å². The van der Waals surface area contributed by atoms with Crippen molar-refractivity contribution >= 4 is 29.3 Å². The van der Waals surface area contributed by atoms with E-state index in [1.54, 1.807) is 7.11 Å². The summed E-state index contributed by atoms with van der Waals surface area (Å²) in [6.45, 7) is 0.993. The van der Waals surface area contributed by atoms with Crippen LogP contribution in [0.5, 0.6) is 5.75 Å². The molecule has 168 valence electrons. The van der Waals surface area contributed by atoms with Crippen LogP contribution in [0.4, 0.5) is 0 Å². The molecule has 0 fully saturated rings. The molecular formula is C25H23ClN4O2S. The molecule has 0 bridgehead atoms. The van der Waals surface area contributed by atoms with Gasteiger partial charge in [-0.05, 0) is 35.9 Å². The summed E-state index contributed by atoms with van der Waals surface area (Å²) in [6.07, 6.45) is 0. The van der Waals surface area contributed by atoms with Gasteiger partial charge in [-0.2, -0.15) is 0 Å². The lowest BCUT2D eigenvalue weighted by molar-refractivity contribution is -0.118. The predicted octanol–water partition coefficient (Wildman–Crippen LogP) is 5.06. The van der Waals surface area contributed by atoms with E-state index in [-0.39, 0.29) is 11.7 Å². The average molecular weight is 479 g/mol. The van der Waals surface area contributed by atoms with Crippen molar-refractivity contribution in [3.63, 3.8) is 0 Å². The maximum Gasteiger partial charge on any atom is 0.230 e. The van der Waals surface area contributed by atoms with Crippen LogP contribution in [0.2, 0.25) is 5.02 Å². The van der Waals surface area contributed by atoms with Crippen molar-refractivity contribution in [3.8, 4) is 17.1 Å². The summed E-state index contributed by atoms with van der Waals surface area (Å²) in [4.78, 5) is 12.5. The maximum absolute atomic E-state index is 12.5. The van der Waals surface area contributed by atoms with E-state index in [1.807, 2.05) is 71.3 Å². The first kappa shape index (κ1) is 22.9. The molecule has 0 saturated carbocycles. The Morgan fingerprint density at radius 1 is 1.00 bits per heavy atom. The molecule has 3 aromatic carbocycles. The number of benzene rings is 3. The Morgan fingerprint density at radius 3 is 2.48 bits per heavy atom. The van der Waals surface area contributed by atoms with Gasteiger partial charge in [0.1, 0.15) is 5.75 Å². The molecule has 0 aliphatic carbocycles. The molecule has 0 atom stereocenters. The Labute approximate surface area is 202 Å². The SMILES string of the molecule is COc1ccccc1CNC(=O)CSc1nnc(-c2ccc(Cl)cc2)n1Cc1ccccc1. The number of nitrogens with zero attached hydrogens (tertiary/aromatic N) is 3. The molecular weight excluding hydrogens is 456 g/mol. The van der Waals surface area contributed by atoms with Gasteiger partial charge in [-0.25, -0.2) is 0 Å². The van der Waals surface area contributed by atoms with Crippen LogP contribution in [0, 0.1) is 0 Å². The standard InChI is InChI=1S/C25H23ClN4O2S/c1-32-22-10-6-5-9-20(22)15-27-23(31)17-33-25-29-28-24(19-11-13-21(26)14-12-19)30(25)16-18-7-3-2-4-8-18/h2-14H,15-17H2,1H3,(H,27,31). The van der Waals surface area contributed by atoms with E-state index in [0.29, 0.717) is 23.3 Å². The number of nitrogens with one attached hydrogen (secondary N) is 1. The second-order valence-corrected chi connectivity index (χ2v) is 8.64. The molecule has 1 N–H and O–H groups in total. The summed E-state index contributed by atoms with van der Waals surface area (Å²) >= 11 is 7.41. The van der Waals surface area contributed by atoms with E-state index in [1.165, 1.54) is 11.8 Å². The number of hydrogen-bond acceptors (Lipinski definition) is 5. The number of thioether (sulfide) groups is 1. The van der Waals surface area contributed by atoms with Gasteiger partial charge in [0.2, 0.25) is 5.91 Å². The van der Waals surface area contributed by atoms with Crippen LogP contribution in [0.3, 0.4) is 0 Å². The number of rotatable bonds is 9. The van der Waals surface area contributed by atoms with Crippen molar-refractivity contribution in [1.29, 1.82) is 0 Å². The number of amides is 1. The van der Waals surface area contributed by atoms with Gasteiger partial charge < -0.3 is 10.1 Å². The minimum atomic E-state index is -0.0896. The largest absolute Gasteiger partial charge is 0.496 e. The quantitative estimate of drug-likeness (QED) is 0.340. The molecule has 0 aliphatic heterocycles. The predicted molar refractivity (Wildman–Crippen MR) is 132 cm³/mol. The minimum absolute atomic E-state index is 0.0896. The van der Waals surface area contributed by atoms with Gasteiger partial charge in [-0.3, -0.25) is 9.36 Å². The number of para-hydroxylation sites is 1. The van der Waals surface area contributed by atoms with Gasteiger partial charge in [0, 0.05) is 22.7 Å². The summed E-state index contributed by atoms with van der Waals surface area (Å²) in [5.41, 5.74) is 2.96. The number of carbonyl (C=O) groups is 1. The van der Waals surface area contributed by atoms with Gasteiger partial charge in [0.05, 0.1) is 19.4 Å². The number of halogens is 1. The lowest BCUT2D eigenvalue weighted by Crippen LogP contribution is -2.25. The summed E-state index contributed by atoms with van der Waals surface area (Å²) < 4.78 is 7.37. The third-order valence-electron chi connectivity index (χ3n) is 5.00. The third kappa shape index (κ3) is 5.94. The first-order chi connectivity index (χ1) is 16.1. The lowest BCUT2D eigenvalue weighted by atomic mass is 10.2. The topological polar surface area (TPSA) is 69.0 Å². The van der Waals surface area contributed by atoms with E-state index in [2.05, 4.69) is 27.6 Å². The van der Waals surface area contributed by atoms with Crippen molar-refractivity contribution < 1.29 is 9.53 Å². The normalized spacial score (nSPS) is 10.7. The van der Waals surface area contributed by atoms with Gasteiger partial charge in [0.25, 0.3) is 0 Å². The molecule has 0 unspecified atom stereocenters. The molecule has 0 saturated heterocycles. The van der Waals surface area contributed by atoms with Crippen LogP contribution in [0.15, 0.2) is 84.0 Å². The van der Waals surface area contributed by atoms with Crippen LogP contribution >= 0.6 is 23.4 Å². The molecule has 6 nitrogen and oxygen atoms in total. The number of hydrogen-bond donors (Lipinski definition) is 1. The molecule has 1 aromatic heterocycles. The molecule has 4 aromatic rings. The first-order valence-corrected chi connectivity index (χ1v) is 11.7. The highest BCUT2D eigenvalue weighted by molar-refractivity contribution is 7.99. The highest BCUT2D eigenvalue weighted by Crippen LogP contribution is 2.26. The molecule has 33 heavy (non-hydrogen) atoms. The van der Waals surface area contributed by atoms with Crippen LogP contribution < -0.4 is 10.1 Å². The first-order valence-electron chi connectivity index (χ1n) is 10.4. The van der Waals surface area contributed by atoms with Gasteiger partial charge in [0.15, 0.2) is 11.0 Å². The fraction of sp³-hybridized carbons (Fsp3) is 0.160. The number of aromatic nitrogens is 3. The van der Waals surface area contributed by atoms with Gasteiger partial charge in [-0.1, -0.05) is 71.9 Å². The average Bonchev–Trinajstić information content (AvgIpc) is 3.25. The fourth-order valence-corrected chi connectivity index (χ4v) is 4.23. The maximum atomic E-state index is 12.5. The highest BCUT2D eigenvalue weighted by Gasteiger charge is 2.16. The Bertz CT molecular complexity index is 1210. The summed E-state index contributed by atoms with van der Waals surface area (Å²) in [7, 11) is 1.62. The molecule has 1 heterocycles. The summed E-state index contributed by atoms with van der Waals surface area (Å²) in [5.74, 6) is 1.62. The summed E-state index contributed by atoms with van der Waals surface area (Å²) in [5, 5.41) is 13.1. The Kier molecular flexibility index (Phi) is 7.65. The second kappa shape index (κ2) is 11.0. The Morgan fingerprint density at radius 2 is 1.73 bits per heavy atom. The molecule has 8 heteroatoms. The van der Waals surface area contributed by atoms with Crippen molar-refractivity contribution in [2.45, 2.75) is 18.2 Å². The Hall–Kier alpha value is -3.29. The van der Waals surface area contributed by atoms with E-state index < -0.39 is 0 Å². The van der Waals surface area contributed by atoms with Gasteiger partial charge >= 0.3 is 0 Å². The van der Waals surface area contributed by atoms with Gasteiger partial charge in [-0.15, -0.1) is 10.2 Å². The van der Waals surface area contributed by atoms with Crippen molar-refractivity contribution in [2.24, 2.45) is 0 Å². The van der Waals surface area contributed by atoms with E-state index in [4.69, 9.17) is 16.3 Å². The molecule has 0 radical (unpaired) electrons. The molecule has 0 aliphatic rings. The zero-order chi connectivity index (χ0) is 23.0. The van der Waals surface area contributed by atoms with E-state index >= 15 is 0 Å². The Balaban J connectivity index is 1.48. The van der Waals surface area contributed by atoms with Crippen LogP contribution in [-0.2, 0) is 17.9 Å². The summed E-state index contributed by atoms with van der Waals surface area (Å²) in [6, 6.07) is 25.2. The zero-order valence-electron chi connectivity index (χ0n) is 18.1.